The van der Waals surface area contributed by atoms with Gasteiger partial charge < -0.3 is 9.73 Å². The molecule has 1 aliphatic heterocycles. The van der Waals surface area contributed by atoms with Crippen molar-refractivity contribution in [3.05, 3.63) is 116 Å². The number of benzene rings is 2. The SMILES string of the molecule is CC1=C(C(=O)Nc2ccccc2)[C@@H](c2ccc(Cl)cc2)n2c(s/c(=C/c3cc(Br)c(I)o3)c2=O)=N1. The number of fused-ring (bicyclic) bond motifs is 1. The van der Waals surface area contributed by atoms with Crippen molar-refractivity contribution in [2.75, 3.05) is 5.32 Å². The summed E-state index contributed by atoms with van der Waals surface area (Å²) in [5.41, 5.74) is 2.09. The number of anilines is 1. The summed E-state index contributed by atoms with van der Waals surface area (Å²) in [6, 6.07) is 17.5. The van der Waals surface area contributed by atoms with E-state index in [1.165, 1.54) is 11.3 Å². The van der Waals surface area contributed by atoms with Crippen molar-refractivity contribution in [1.29, 1.82) is 0 Å². The quantitative estimate of drug-likeness (QED) is 0.290. The number of furan rings is 1. The van der Waals surface area contributed by atoms with Crippen LogP contribution >= 0.6 is 61.5 Å². The first-order valence-corrected chi connectivity index (χ1v) is 13.5. The van der Waals surface area contributed by atoms with Crippen LogP contribution in [0.25, 0.3) is 6.08 Å². The van der Waals surface area contributed by atoms with Crippen molar-refractivity contribution in [2.24, 2.45) is 4.99 Å². The maximum absolute atomic E-state index is 13.6. The van der Waals surface area contributed by atoms with Crippen molar-refractivity contribution in [2.45, 2.75) is 13.0 Å². The standard InChI is InChI=1S/C25H16BrClIN3O3S/c1-13-20(23(32)30-16-5-3-2-4-6-16)21(14-7-9-15(27)10-8-14)31-24(33)19(35-25(31)29-13)12-17-11-18(26)22(28)34-17/h2-12,21H,1H3,(H,30,32)/b19-12+/t21-/m1/s1. The zero-order valence-electron chi connectivity index (χ0n) is 18.1. The Balaban J connectivity index is 1.68. The summed E-state index contributed by atoms with van der Waals surface area (Å²) in [5, 5.41) is 3.50. The molecule has 5 rings (SSSR count). The van der Waals surface area contributed by atoms with Gasteiger partial charge in [0.05, 0.1) is 26.3 Å². The molecule has 0 bridgehead atoms. The smallest absolute Gasteiger partial charge is 0.271 e. The predicted molar refractivity (Wildman–Crippen MR) is 149 cm³/mol. The lowest BCUT2D eigenvalue weighted by Crippen LogP contribution is -2.40. The summed E-state index contributed by atoms with van der Waals surface area (Å²) in [7, 11) is 0. The van der Waals surface area contributed by atoms with Crippen molar-refractivity contribution in [1.82, 2.24) is 4.57 Å². The van der Waals surface area contributed by atoms with E-state index in [0.29, 0.717) is 40.8 Å². The third-order valence-electron chi connectivity index (χ3n) is 5.42. The maximum atomic E-state index is 13.6. The van der Waals surface area contributed by atoms with Gasteiger partial charge in [-0.15, -0.1) is 0 Å². The molecule has 6 nitrogen and oxygen atoms in total. The number of amides is 1. The van der Waals surface area contributed by atoms with Crippen LogP contribution in [0, 0.1) is 3.77 Å². The van der Waals surface area contributed by atoms with Crippen LogP contribution in [0.1, 0.15) is 24.3 Å². The Kier molecular flexibility index (Phi) is 6.84. The number of carbonyl (C=O) groups is 1. The van der Waals surface area contributed by atoms with Gasteiger partial charge in [-0.1, -0.05) is 53.3 Å². The average Bonchev–Trinajstić information content (AvgIpc) is 3.31. The Morgan fingerprint density at radius 2 is 1.94 bits per heavy atom. The molecule has 35 heavy (non-hydrogen) atoms. The average molecular weight is 681 g/mol. The number of nitrogens with zero attached hydrogens (tertiary/aromatic N) is 2. The van der Waals surface area contributed by atoms with E-state index < -0.39 is 6.04 Å². The highest BCUT2D eigenvalue weighted by Gasteiger charge is 2.32. The molecule has 1 N–H and O–H groups in total. The van der Waals surface area contributed by atoms with Crippen molar-refractivity contribution in [3.63, 3.8) is 0 Å². The van der Waals surface area contributed by atoms with E-state index in [9.17, 15) is 9.59 Å². The van der Waals surface area contributed by atoms with Gasteiger partial charge in [0.15, 0.2) is 8.57 Å². The summed E-state index contributed by atoms with van der Waals surface area (Å²) >= 11 is 12.9. The second-order valence-corrected chi connectivity index (χ2v) is 11.0. The molecule has 176 valence electrons. The molecule has 3 heterocycles. The van der Waals surface area contributed by atoms with E-state index in [2.05, 4.69) is 48.8 Å². The van der Waals surface area contributed by atoms with Gasteiger partial charge in [-0.2, -0.15) is 0 Å². The lowest BCUT2D eigenvalue weighted by Gasteiger charge is -2.25. The third kappa shape index (κ3) is 4.82. The fraction of sp³-hybridized carbons (Fsp3) is 0.0800. The number of rotatable bonds is 4. The fourth-order valence-corrected chi connectivity index (χ4v) is 5.73. The van der Waals surface area contributed by atoms with Crippen molar-refractivity contribution < 1.29 is 9.21 Å². The van der Waals surface area contributed by atoms with Crippen molar-refractivity contribution >= 4 is 79.1 Å². The van der Waals surface area contributed by atoms with Crippen LogP contribution in [0.2, 0.25) is 5.02 Å². The van der Waals surface area contributed by atoms with Gasteiger partial charge in [-0.05, 0) is 58.7 Å². The number of para-hydroxylation sites is 1. The molecule has 0 spiro atoms. The Labute approximate surface area is 230 Å². The molecule has 0 radical (unpaired) electrons. The zero-order chi connectivity index (χ0) is 24.7. The number of hydrogen-bond donors (Lipinski definition) is 1. The Hall–Kier alpha value is -2.47. The van der Waals surface area contributed by atoms with Crippen LogP contribution in [0.15, 0.2) is 90.6 Å². The minimum Gasteiger partial charge on any atom is -0.450 e. The topological polar surface area (TPSA) is 76.6 Å². The van der Waals surface area contributed by atoms with Crippen LogP contribution < -0.4 is 20.2 Å². The lowest BCUT2D eigenvalue weighted by atomic mass is 9.95. The van der Waals surface area contributed by atoms with Gasteiger partial charge in [0, 0.05) is 39.4 Å². The van der Waals surface area contributed by atoms with Gasteiger partial charge in [0.25, 0.3) is 11.5 Å². The van der Waals surface area contributed by atoms with E-state index in [-0.39, 0.29) is 11.5 Å². The molecule has 0 unspecified atom stereocenters. The molecule has 0 saturated carbocycles. The summed E-state index contributed by atoms with van der Waals surface area (Å²) in [6.45, 7) is 1.78. The van der Waals surface area contributed by atoms with E-state index >= 15 is 0 Å². The first-order valence-electron chi connectivity index (χ1n) is 10.4. The highest BCUT2D eigenvalue weighted by molar-refractivity contribution is 14.1. The highest BCUT2D eigenvalue weighted by Crippen LogP contribution is 2.31. The number of aromatic nitrogens is 1. The third-order valence-corrected chi connectivity index (χ3v) is 8.79. The molecular formula is C25H16BrClIN3O3S. The molecule has 4 aromatic rings. The first-order chi connectivity index (χ1) is 16.8. The first kappa shape index (κ1) is 24.2. The van der Waals surface area contributed by atoms with Crippen LogP contribution in [-0.4, -0.2) is 10.5 Å². The van der Waals surface area contributed by atoms with Crippen LogP contribution in [0.5, 0.6) is 0 Å². The highest BCUT2D eigenvalue weighted by atomic mass is 127. The molecule has 1 atom stereocenters. The number of halogens is 3. The molecule has 1 amide bonds. The largest absolute Gasteiger partial charge is 0.450 e. The van der Waals surface area contributed by atoms with Gasteiger partial charge in [-0.25, -0.2) is 4.99 Å². The fourth-order valence-electron chi connectivity index (χ4n) is 3.86. The van der Waals surface area contributed by atoms with E-state index in [4.69, 9.17) is 16.0 Å². The lowest BCUT2D eigenvalue weighted by molar-refractivity contribution is -0.113. The number of allylic oxidation sites excluding steroid dienone is 1. The van der Waals surface area contributed by atoms with Crippen LogP contribution in [0.4, 0.5) is 5.69 Å². The van der Waals surface area contributed by atoms with Crippen LogP contribution in [0.3, 0.4) is 0 Å². The Morgan fingerprint density at radius 1 is 1.23 bits per heavy atom. The van der Waals surface area contributed by atoms with Crippen LogP contribution in [-0.2, 0) is 4.79 Å². The van der Waals surface area contributed by atoms with Gasteiger partial charge in [0.2, 0.25) is 0 Å². The Bertz CT molecular complexity index is 1640. The summed E-state index contributed by atoms with van der Waals surface area (Å²) in [4.78, 5) is 32.3. The number of hydrogen-bond acceptors (Lipinski definition) is 5. The maximum Gasteiger partial charge on any atom is 0.271 e. The number of carbonyl (C=O) groups excluding carboxylic acids is 1. The van der Waals surface area contributed by atoms with Gasteiger partial charge in [0.1, 0.15) is 5.76 Å². The van der Waals surface area contributed by atoms with E-state index in [0.717, 1.165) is 10.0 Å². The molecule has 0 saturated heterocycles. The van der Waals surface area contributed by atoms with Gasteiger partial charge in [-0.3, -0.25) is 14.2 Å². The van der Waals surface area contributed by atoms with E-state index in [1.807, 2.05) is 42.5 Å². The minimum atomic E-state index is -0.669. The molecule has 2 aromatic heterocycles. The number of nitrogens with one attached hydrogen (secondary N) is 1. The molecule has 2 aromatic carbocycles. The second-order valence-electron chi connectivity index (χ2n) is 7.72. The van der Waals surface area contributed by atoms with Crippen molar-refractivity contribution in [3.8, 4) is 0 Å². The summed E-state index contributed by atoms with van der Waals surface area (Å²) < 4.78 is 9.22. The zero-order valence-corrected chi connectivity index (χ0v) is 23.4. The van der Waals surface area contributed by atoms with Gasteiger partial charge >= 0.3 is 0 Å². The predicted octanol–water partition coefficient (Wildman–Crippen LogP) is 5.49. The molecule has 10 heteroatoms. The van der Waals surface area contributed by atoms with E-state index in [1.54, 1.807) is 35.8 Å². The molecular weight excluding hydrogens is 665 g/mol. The number of thiazole rings is 1. The monoisotopic (exact) mass is 679 g/mol. The molecule has 0 aliphatic carbocycles. The summed E-state index contributed by atoms with van der Waals surface area (Å²) in [5.74, 6) is 0.225. The minimum absolute atomic E-state index is 0.256. The molecule has 0 fully saturated rings. The Morgan fingerprint density at radius 3 is 2.60 bits per heavy atom. The second kappa shape index (κ2) is 9.88. The normalized spacial score (nSPS) is 15.7. The summed E-state index contributed by atoms with van der Waals surface area (Å²) in [6.07, 6.45) is 1.69. The molecule has 1 aliphatic rings.